The molecule has 1 saturated heterocycles. The van der Waals surface area contributed by atoms with E-state index in [4.69, 9.17) is 13.9 Å². The highest BCUT2D eigenvalue weighted by Gasteiger charge is 2.31. The SMILES string of the molecule is COc1cc(C)ccc1OCC(=O)N1CCCCC1c1ncc(Cc2ccc(F)cc2)o1. The fourth-order valence-electron chi connectivity index (χ4n) is 3.97. The van der Waals surface area contributed by atoms with Crippen molar-refractivity contribution in [1.82, 2.24) is 9.88 Å². The van der Waals surface area contributed by atoms with E-state index in [2.05, 4.69) is 4.98 Å². The van der Waals surface area contributed by atoms with E-state index >= 15 is 0 Å². The predicted molar refractivity (Wildman–Crippen MR) is 117 cm³/mol. The Balaban J connectivity index is 1.43. The van der Waals surface area contributed by atoms with Crippen molar-refractivity contribution >= 4 is 5.91 Å². The highest BCUT2D eigenvalue weighted by Crippen LogP contribution is 2.32. The van der Waals surface area contributed by atoms with Crippen LogP contribution in [0.4, 0.5) is 4.39 Å². The average Bonchev–Trinajstić information content (AvgIpc) is 3.27. The topological polar surface area (TPSA) is 64.8 Å². The maximum atomic E-state index is 13.1. The van der Waals surface area contributed by atoms with Crippen molar-refractivity contribution in [2.75, 3.05) is 20.3 Å². The molecule has 4 rings (SSSR count). The molecule has 0 bridgehead atoms. The van der Waals surface area contributed by atoms with Crippen LogP contribution in [0.15, 0.2) is 53.1 Å². The van der Waals surface area contributed by atoms with Gasteiger partial charge in [-0.2, -0.15) is 0 Å². The summed E-state index contributed by atoms with van der Waals surface area (Å²) in [6.45, 7) is 2.52. The van der Waals surface area contributed by atoms with Crippen molar-refractivity contribution in [3.63, 3.8) is 0 Å². The molecule has 0 radical (unpaired) electrons. The van der Waals surface area contributed by atoms with Crippen molar-refractivity contribution in [1.29, 1.82) is 0 Å². The summed E-state index contributed by atoms with van der Waals surface area (Å²) in [5, 5.41) is 0. The lowest BCUT2D eigenvalue weighted by atomic mass is 10.0. The monoisotopic (exact) mass is 438 g/mol. The number of methoxy groups -OCH3 is 1. The zero-order valence-electron chi connectivity index (χ0n) is 18.3. The van der Waals surface area contributed by atoms with E-state index in [0.29, 0.717) is 36.1 Å². The highest BCUT2D eigenvalue weighted by molar-refractivity contribution is 5.78. The summed E-state index contributed by atoms with van der Waals surface area (Å²) in [5.74, 6) is 1.97. The quantitative estimate of drug-likeness (QED) is 0.527. The number of benzene rings is 2. The van der Waals surface area contributed by atoms with Gasteiger partial charge in [0.05, 0.1) is 13.3 Å². The van der Waals surface area contributed by atoms with Gasteiger partial charge in [0.25, 0.3) is 5.91 Å². The number of ether oxygens (including phenoxy) is 2. The number of oxazole rings is 1. The van der Waals surface area contributed by atoms with Gasteiger partial charge < -0.3 is 18.8 Å². The molecular weight excluding hydrogens is 411 g/mol. The van der Waals surface area contributed by atoms with E-state index in [1.54, 1.807) is 30.3 Å². The summed E-state index contributed by atoms with van der Waals surface area (Å²) in [7, 11) is 1.58. The Morgan fingerprint density at radius 3 is 2.78 bits per heavy atom. The van der Waals surface area contributed by atoms with Gasteiger partial charge in [-0.15, -0.1) is 0 Å². The van der Waals surface area contributed by atoms with Crippen molar-refractivity contribution in [2.24, 2.45) is 0 Å². The number of carbonyl (C=O) groups is 1. The van der Waals surface area contributed by atoms with Gasteiger partial charge >= 0.3 is 0 Å². The molecular formula is C25H27FN2O4. The Kier molecular flexibility index (Phi) is 6.73. The molecule has 168 valence electrons. The Bertz CT molecular complexity index is 1060. The summed E-state index contributed by atoms with van der Waals surface area (Å²) < 4.78 is 30.3. The van der Waals surface area contributed by atoms with Crippen LogP contribution in [0.1, 0.15) is 48.1 Å². The van der Waals surface area contributed by atoms with Crippen LogP contribution >= 0.6 is 0 Å². The molecule has 1 unspecified atom stereocenters. The molecule has 2 aromatic carbocycles. The minimum atomic E-state index is -0.270. The van der Waals surface area contributed by atoms with Gasteiger partial charge in [-0.25, -0.2) is 9.37 Å². The fraction of sp³-hybridized carbons (Fsp3) is 0.360. The number of hydrogen-bond acceptors (Lipinski definition) is 5. The fourth-order valence-corrected chi connectivity index (χ4v) is 3.97. The van der Waals surface area contributed by atoms with Gasteiger partial charge in [-0.1, -0.05) is 18.2 Å². The van der Waals surface area contributed by atoms with Crippen LogP contribution in [0, 0.1) is 12.7 Å². The summed E-state index contributed by atoms with van der Waals surface area (Å²) >= 11 is 0. The van der Waals surface area contributed by atoms with Gasteiger partial charge in [-0.05, 0) is 61.6 Å². The van der Waals surface area contributed by atoms with Gasteiger partial charge in [0.15, 0.2) is 18.1 Å². The molecule has 0 saturated carbocycles. The first kappa shape index (κ1) is 21.9. The van der Waals surface area contributed by atoms with Gasteiger partial charge in [0.2, 0.25) is 5.89 Å². The molecule has 3 aromatic rings. The Morgan fingerprint density at radius 2 is 2.00 bits per heavy atom. The predicted octanol–water partition coefficient (Wildman–Crippen LogP) is 4.85. The Hall–Kier alpha value is -3.35. The minimum Gasteiger partial charge on any atom is -0.493 e. The first-order valence-corrected chi connectivity index (χ1v) is 10.8. The van der Waals surface area contributed by atoms with E-state index in [-0.39, 0.29) is 24.4 Å². The maximum absolute atomic E-state index is 13.1. The molecule has 2 heterocycles. The zero-order valence-corrected chi connectivity index (χ0v) is 18.3. The molecule has 1 fully saturated rings. The number of hydrogen-bond donors (Lipinski definition) is 0. The molecule has 6 nitrogen and oxygen atoms in total. The van der Waals surface area contributed by atoms with Crippen molar-refractivity contribution in [3.05, 3.63) is 77.3 Å². The largest absolute Gasteiger partial charge is 0.493 e. The standard InChI is InChI=1S/C25H27FN2O4/c1-17-6-11-22(23(13-17)30-2)31-16-24(29)28-12-4-3-5-21(28)25-27-15-20(32-25)14-18-7-9-19(26)10-8-18/h6-11,13,15,21H,3-5,12,14,16H2,1-2H3. The average molecular weight is 438 g/mol. The lowest BCUT2D eigenvalue weighted by Gasteiger charge is -2.33. The van der Waals surface area contributed by atoms with E-state index in [1.165, 1.54) is 12.1 Å². The number of aromatic nitrogens is 1. The zero-order chi connectivity index (χ0) is 22.5. The summed E-state index contributed by atoms with van der Waals surface area (Å²) in [4.78, 5) is 19.2. The maximum Gasteiger partial charge on any atom is 0.261 e. The summed E-state index contributed by atoms with van der Waals surface area (Å²) in [5.41, 5.74) is 1.99. The van der Waals surface area contributed by atoms with E-state index in [9.17, 15) is 9.18 Å². The Morgan fingerprint density at radius 1 is 1.19 bits per heavy atom. The highest BCUT2D eigenvalue weighted by atomic mass is 19.1. The molecule has 32 heavy (non-hydrogen) atoms. The smallest absolute Gasteiger partial charge is 0.261 e. The van der Waals surface area contributed by atoms with Gasteiger partial charge in [0, 0.05) is 13.0 Å². The van der Waals surface area contributed by atoms with Crippen molar-refractivity contribution < 1.29 is 23.1 Å². The third-order valence-corrected chi connectivity index (χ3v) is 5.64. The van der Waals surface area contributed by atoms with Crippen LogP contribution in [0.3, 0.4) is 0 Å². The second-order valence-electron chi connectivity index (χ2n) is 8.01. The third-order valence-electron chi connectivity index (χ3n) is 5.64. The number of halogens is 1. The Labute approximate surface area is 187 Å². The number of piperidine rings is 1. The van der Waals surface area contributed by atoms with Crippen LogP contribution < -0.4 is 9.47 Å². The molecule has 7 heteroatoms. The van der Waals surface area contributed by atoms with Crippen LogP contribution in [-0.2, 0) is 11.2 Å². The summed E-state index contributed by atoms with van der Waals surface area (Å²) in [6, 6.07) is 11.7. The van der Waals surface area contributed by atoms with Gasteiger partial charge in [0.1, 0.15) is 17.6 Å². The first-order valence-electron chi connectivity index (χ1n) is 10.8. The molecule has 1 aromatic heterocycles. The van der Waals surface area contributed by atoms with E-state index in [0.717, 1.165) is 30.4 Å². The molecule has 0 aliphatic carbocycles. The lowest BCUT2D eigenvalue weighted by molar-refractivity contribution is -0.137. The third kappa shape index (κ3) is 5.10. The van der Waals surface area contributed by atoms with Crippen LogP contribution in [0.25, 0.3) is 0 Å². The molecule has 1 amide bonds. The lowest BCUT2D eigenvalue weighted by Crippen LogP contribution is -2.41. The van der Waals surface area contributed by atoms with Crippen molar-refractivity contribution in [3.8, 4) is 11.5 Å². The number of carbonyl (C=O) groups excluding carboxylic acids is 1. The number of rotatable bonds is 7. The molecule has 1 aliphatic heterocycles. The number of nitrogens with zero attached hydrogens (tertiary/aromatic N) is 2. The van der Waals surface area contributed by atoms with Gasteiger partial charge in [-0.3, -0.25) is 4.79 Å². The van der Waals surface area contributed by atoms with E-state index < -0.39 is 0 Å². The van der Waals surface area contributed by atoms with Crippen molar-refractivity contribution in [2.45, 2.75) is 38.6 Å². The van der Waals surface area contributed by atoms with Crippen LogP contribution in [0.5, 0.6) is 11.5 Å². The number of amides is 1. The first-order chi connectivity index (χ1) is 15.5. The molecule has 0 spiro atoms. The molecule has 0 N–H and O–H groups in total. The second kappa shape index (κ2) is 9.85. The van der Waals surface area contributed by atoms with E-state index in [1.807, 2.05) is 25.1 Å². The number of likely N-dealkylation sites (tertiary alicyclic amines) is 1. The normalized spacial score (nSPS) is 16.1. The van der Waals surface area contributed by atoms with Crippen LogP contribution in [0.2, 0.25) is 0 Å². The van der Waals surface area contributed by atoms with Crippen LogP contribution in [-0.4, -0.2) is 36.1 Å². The summed E-state index contributed by atoms with van der Waals surface area (Å²) in [6.07, 6.45) is 4.92. The molecule has 1 aliphatic rings. The molecule has 1 atom stereocenters. The second-order valence-corrected chi connectivity index (χ2v) is 8.01. The number of aryl methyl sites for hydroxylation is 1. The minimum absolute atomic E-state index is 0.0843.